The van der Waals surface area contributed by atoms with Crippen LogP contribution in [0.5, 0.6) is 0 Å². The van der Waals surface area contributed by atoms with Crippen molar-refractivity contribution in [1.29, 1.82) is 0 Å². The SMILES string of the molecule is CCC(Br)C(=O)NCCOCCN(C)C. The molecule has 0 aromatic rings. The summed E-state index contributed by atoms with van der Waals surface area (Å²) >= 11 is 3.28. The first-order valence-electron chi connectivity index (χ1n) is 5.22. The minimum Gasteiger partial charge on any atom is -0.378 e. The van der Waals surface area contributed by atoms with Gasteiger partial charge in [0.05, 0.1) is 18.0 Å². The minimum atomic E-state index is -0.0840. The molecule has 0 heterocycles. The second kappa shape index (κ2) is 9.12. The van der Waals surface area contributed by atoms with Gasteiger partial charge in [0, 0.05) is 13.1 Å². The second-order valence-electron chi connectivity index (χ2n) is 3.58. The largest absolute Gasteiger partial charge is 0.378 e. The Morgan fingerprint density at radius 2 is 2.13 bits per heavy atom. The highest BCUT2D eigenvalue weighted by atomic mass is 79.9. The molecule has 4 nitrogen and oxygen atoms in total. The lowest BCUT2D eigenvalue weighted by Crippen LogP contribution is -2.33. The van der Waals surface area contributed by atoms with E-state index in [4.69, 9.17) is 4.74 Å². The third-order valence-corrected chi connectivity index (χ3v) is 2.93. The van der Waals surface area contributed by atoms with E-state index in [9.17, 15) is 4.79 Å². The highest BCUT2D eigenvalue weighted by Crippen LogP contribution is 2.02. The lowest BCUT2D eigenvalue weighted by molar-refractivity contribution is -0.120. The molecule has 0 saturated carbocycles. The molecule has 0 aliphatic rings. The summed E-state index contributed by atoms with van der Waals surface area (Å²) in [5.41, 5.74) is 0. The van der Waals surface area contributed by atoms with Crippen LogP contribution in [0, 0.1) is 0 Å². The van der Waals surface area contributed by atoms with Crippen LogP contribution < -0.4 is 5.32 Å². The average Bonchev–Trinajstić information content (AvgIpc) is 2.21. The zero-order valence-electron chi connectivity index (χ0n) is 9.75. The van der Waals surface area contributed by atoms with Gasteiger partial charge in [-0.25, -0.2) is 0 Å². The maximum atomic E-state index is 11.3. The molecule has 1 amide bonds. The Kier molecular flexibility index (Phi) is 9.04. The molecule has 1 unspecified atom stereocenters. The summed E-state index contributed by atoms with van der Waals surface area (Å²) in [4.78, 5) is 13.3. The molecule has 0 aliphatic carbocycles. The van der Waals surface area contributed by atoms with E-state index in [1.807, 2.05) is 21.0 Å². The van der Waals surface area contributed by atoms with Gasteiger partial charge in [0.1, 0.15) is 0 Å². The van der Waals surface area contributed by atoms with Gasteiger partial charge < -0.3 is 15.0 Å². The number of alkyl halides is 1. The first kappa shape index (κ1) is 14.9. The van der Waals surface area contributed by atoms with Crippen LogP contribution in [0.25, 0.3) is 0 Å². The highest BCUT2D eigenvalue weighted by molar-refractivity contribution is 9.10. The summed E-state index contributed by atoms with van der Waals surface area (Å²) in [6.45, 7) is 4.72. The molecule has 0 fully saturated rings. The predicted molar refractivity (Wildman–Crippen MR) is 65.4 cm³/mol. The number of ether oxygens (including phenoxy) is 1. The minimum absolute atomic E-state index is 0.0358. The third kappa shape index (κ3) is 8.84. The summed E-state index contributed by atoms with van der Waals surface area (Å²) in [6.07, 6.45) is 0.799. The monoisotopic (exact) mass is 280 g/mol. The lowest BCUT2D eigenvalue weighted by atomic mass is 10.3. The number of carbonyl (C=O) groups excluding carboxylic acids is 1. The Bertz CT molecular complexity index is 177. The first-order chi connectivity index (χ1) is 7.07. The number of likely N-dealkylation sites (N-methyl/N-ethyl adjacent to an activating group) is 1. The first-order valence-corrected chi connectivity index (χ1v) is 6.13. The van der Waals surface area contributed by atoms with Crippen LogP contribution in [-0.2, 0) is 9.53 Å². The molecular formula is C10H21BrN2O2. The van der Waals surface area contributed by atoms with Crippen molar-refractivity contribution in [2.45, 2.75) is 18.2 Å². The van der Waals surface area contributed by atoms with Gasteiger partial charge in [0.25, 0.3) is 0 Å². The van der Waals surface area contributed by atoms with Crippen molar-refractivity contribution in [3.05, 3.63) is 0 Å². The van der Waals surface area contributed by atoms with Crippen LogP contribution in [0.1, 0.15) is 13.3 Å². The number of hydrogen-bond donors (Lipinski definition) is 1. The molecule has 15 heavy (non-hydrogen) atoms. The number of amides is 1. The van der Waals surface area contributed by atoms with Crippen LogP contribution in [0.3, 0.4) is 0 Å². The van der Waals surface area contributed by atoms with Gasteiger partial charge in [0.2, 0.25) is 5.91 Å². The molecule has 1 N–H and O–H groups in total. The van der Waals surface area contributed by atoms with Crippen LogP contribution >= 0.6 is 15.9 Å². The molecule has 5 heteroatoms. The molecule has 0 aromatic heterocycles. The van der Waals surface area contributed by atoms with Gasteiger partial charge in [-0.3, -0.25) is 4.79 Å². The molecule has 0 aliphatic heterocycles. The topological polar surface area (TPSA) is 41.6 Å². The van der Waals surface area contributed by atoms with Gasteiger partial charge >= 0.3 is 0 Å². The number of rotatable bonds is 8. The number of carbonyl (C=O) groups is 1. The van der Waals surface area contributed by atoms with E-state index in [1.54, 1.807) is 0 Å². The van der Waals surface area contributed by atoms with Gasteiger partial charge in [-0.15, -0.1) is 0 Å². The van der Waals surface area contributed by atoms with Gasteiger partial charge in [-0.2, -0.15) is 0 Å². The fraction of sp³-hybridized carbons (Fsp3) is 0.900. The van der Waals surface area contributed by atoms with Crippen LogP contribution in [0.4, 0.5) is 0 Å². The number of hydrogen-bond acceptors (Lipinski definition) is 3. The van der Waals surface area contributed by atoms with Crippen molar-refractivity contribution < 1.29 is 9.53 Å². The van der Waals surface area contributed by atoms with Crippen molar-refractivity contribution in [1.82, 2.24) is 10.2 Å². The molecule has 90 valence electrons. The average molecular weight is 281 g/mol. The standard InChI is InChI=1S/C10H21BrN2O2/c1-4-9(11)10(14)12-5-7-15-8-6-13(2)3/h9H,4-8H2,1-3H3,(H,12,14). The number of nitrogens with one attached hydrogen (secondary N) is 1. The molecular weight excluding hydrogens is 260 g/mol. The summed E-state index contributed by atoms with van der Waals surface area (Å²) in [5.74, 6) is 0.0358. The molecule has 0 saturated heterocycles. The van der Waals surface area contributed by atoms with Crippen LogP contribution in [0.2, 0.25) is 0 Å². The van der Waals surface area contributed by atoms with Crippen molar-refractivity contribution in [3.8, 4) is 0 Å². The lowest BCUT2D eigenvalue weighted by Gasteiger charge is -2.11. The number of nitrogens with zero attached hydrogens (tertiary/aromatic N) is 1. The summed E-state index contributed by atoms with van der Waals surface area (Å²) in [7, 11) is 4.00. The maximum absolute atomic E-state index is 11.3. The summed E-state index contributed by atoms with van der Waals surface area (Å²) < 4.78 is 5.34. The van der Waals surface area contributed by atoms with Crippen molar-refractivity contribution >= 4 is 21.8 Å². The van der Waals surface area contributed by atoms with E-state index in [0.29, 0.717) is 19.8 Å². The molecule has 1 atom stereocenters. The Balaban J connectivity index is 3.27. The van der Waals surface area contributed by atoms with E-state index < -0.39 is 0 Å². The molecule has 0 radical (unpaired) electrons. The normalized spacial score (nSPS) is 12.9. The van der Waals surface area contributed by atoms with Crippen molar-refractivity contribution in [2.75, 3.05) is 40.4 Å². The zero-order chi connectivity index (χ0) is 11.7. The van der Waals surface area contributed by atoms with Gasteiger partial charge in [0.15, 0.2) is 0 Å². The van der Waals surface area contributed by atoms with Crippen molar-refractivity contribution in [3.63, 3.8) is 0 Å². The zero-order valence-corrected chi connectivity index (χ0v) is 11.3. The van der Waals surface area contributed by atoms with E-state index in [1.165, 1.54) is 0 Å². The fourth-order valence-electron chi connectivity index (χ4n) is 0.892. The highest BCUT2D eigenvalue weighted by Gasteiger charge is 2.10. The van der Waals surface area contributed by atoms with E-state index in [-0.39, 0.29) is 10.7 Å². The number of halogens is 1. The van der Waals surface area contributed by atoms with E-state index in [0.717, 1.165) is 13.0 Å². The fourth-order valence-corrected chi connectivity index (χ4v) is 1.05. The molecule has 0 aromatic carbocycles. The molecule has 0 bridgehead atoms. The Morgan fingerprint density at radius 1 is 1.47 bits per heavy atom. The van der Waals surface area contributed by atoms with E-state index >= 15 is 0 Å². The predicted octanol–water partition coefficient (Wildman–Crippen LogP) is 0.854. The third-order valence-electron chi connectivity index (χ3n) is 1.87. The van der Waals surface area contributed by atoms with Crippen LogP contribution in [0.15, 0.2) is 0 Å². The van der Waals surface area contributed by atoms with E-state index in [2.05, 4.69) is 26.1 Å². The Hall–Kier alpha value is -0.130. The Morgan fingerprint density at radius 3 is 2.67 bits per heavy atom. The Labute approximate surface area is 100 Å². The summed E-state index contributed by atoms with van der Waals surface area (Å²) in [5, 5.41) is 2.80. The smallest absolute Gasteiger partial charge is 0.233 e. The second-order valence-corrected chi connectivity index (χ2v) is 4.69. The summed E-state index contributed by atoms with van der Waals surface area (Å²) in [6, 6.07) is 0. The maximum Gasteiger partial charge on any atom is 0.233 e. The molecule has 0 rings (SSSR count). The molecule has 0 spiro atoms. The van der Waals surface area contributed by atoms with Gasteiger partial charge in [-0.1, -0.05) is 22.9 Å². The quantitative estimate of drug-likeness (QED) is 0.530. The van der Waals surface area contributed by atoms with Crippen molar-refractivity contribution in [2.24, 2.45) is 0 Å². The van der Waals surface area contributed by atoms with Gasteiger partial charge in [-0.05, 0) is 20.5 Å². The van der Waals surface area contributed by atoms with Crippen LogP contribution in [-0.4, -0.2) is 56.0 Å².